The Labute approximate surface area is 173 Å². The Kier molecular flexibility index (Phi) is 7.65. The summed E-state index contributed by atoms with van der Waals surface area (Å²) >= 11 is 5.73. The summed E-state index contributed by atoms with van der Waals surface area (Å²) in [6.07, 6.45) is 4.83. The third-order valence-corrected chi connectivity index (χ3v) is 6.16. The number of likely N-dealkylation sites (N-methyl/N-ethyl adjacent to an activating group) is 1. The van der Waals surface area contributed by atoms with Gasteiger partial charge in [-0.15, -0.1) is 0 Å². The minimum Gasteiger partial charge on any atom is -0.465 e. The first-order valence-electron chi connectivity index (χ1n) is 10.2. The predicted molar refractivity (Wildman–Crippen MR) is 117 cm³/mol. The Morgan fingerprint density at radius 3 is 2.54 bits per heavy atom. The van der Waals surface area contributed by atoms with Crippen molar-refractivity contribution < 1.29 is 9.53 Å². The molecule has 2 aliphatic heterocycles. The molecule has 6 nitrogen and oxygen atoms in total. The lowest BCUT2D eigenvalue weighted by Crippen LogP contribution is -2.49. The van der Waals surface area contributed by atoms with E-state index in [2.05, 4.69) is 27.1 Å². The lowest BCUT2D eigenvalue weighted by molar-refractivity contribution is 0.0601. The van der Waals surface area contributed by atoms with Gasteiger partial charge in [0, 0.05) is 51.0 Å². The Morgan fingerprint density at radius 1 is 1.14 bits per heavy atom. The van der Waals surface area contributed by atoms with Crippen molar-refractivity contribution in [2.24, 2.45) is 0 Å². The van der Waals surface area contributed by atoms with E-state index in [1.807, 2.05) is 12.1 Å². The molecule has 0 saturated carbocycles. The molecular weight excluding hydrogens is 372 g/mol. The van der Waals surface area contributed by atoms with E-state index in [4.69, 9.17) is 17.0 Å². The van der Waals surface area contributed by atoms with Crippen molar-refractivity contribution in [3.63, 3.8) is 0 Å². The molecule has 1 aromatic carbocycles. The van der Waals surface area contributed by atoms with E-state index < -0.39 is 0 Å². The Bertz CT molecular complexity index is 659. The maximum absolute atomic E-state index is 11.6. The number of thiocarbonyl (C=S) groups is 1. The van der Waals surface area contributed by atoms with Crippen LogP contribution in [0.4, 0.5) is 5.69 Å². The zero-order valence-electron chi connectivity index (χ0n) is 17.0. The summed E-state index contributed by atoms with van der Waals surface area (Å²) < 4.78 is 4.75. The van der Waals surface area contributed by atoms with Gasteiger partial charge >= 0.3 is 5.97 Å². The number of carbonyl (C=O) groups is 1. The number of methoxy groups -OCH3 is 1. The van der Waals surface area contributed by atoms with Crippen LogP contribution in [-0.2, 0) is 4.74 Å². The van der Waals surface area contributed by atoms with Gasteiger partial charge in [0.05, 0.1) is 12.7 Å². The highest BCUT2D eigenvalue weighted by atomic mass is 32.1. The van der Waals surface area contributed by atoms with Gasteiger partial charge in [-0.2, -0.15) is 0 Å². The molecule has 1 aromatic rings. The summed E-state index contributed by atoms with van der Waals surface area (Å²) in [6.45, 7) is 6.81. The summed E-state index contributed by atoms with van der Waals surface area (Å²) in [5.41, 5.74) is 1.45. The van der Waals surface area contributed by atoms with Gasteiger partial charge in [-0.05, 0) is 69.2 Å². The molecule has 2 heterocycles. The SMILES string of the molecule is COC(=O)c1ccc(NC(=S)N2CCCC[C@H]2CCN2CCN(C)CC2)cc1. The largest absolute Gasteiger partial charge is 0.465 e. The molecule has 7 heteroatoms. The van der Waals surface area contributed by atoms with Crippen LogP contribution < -0.4 is 5.32 Å². The fourth-order valence-corrected chi connectivity index (χ4v) is 4.33. The van der Waals surface area contributed by atoms with Crippen LogP contribution in [0, 0.1) is 0 Å². The molecular formula is C21H32N4O2S. The Balaban J connectivity index is 1.53. The normalized spacial score (nSPS) is 21.4. The summed E-state index contributed by atoms with van der Waals surface area (Å²) in [6, 6.07) is 7.78. The smallest absolute Gasteiger partial charge is 0.337 e. The molecule has 0 amide bonds. The van der Waals surface area contributed by atoms with Gasteiger partial charge in [0.25, 0.3) is 0 Å². The molecule has 2 fully saturated rings. The lowest BCUT2D eigenvalue weighted by atomic mass is 9.99. The molecule has 1 atom stereocenters. The third-order valence-electron chi connectivity index (χ3n) is 5.82. The van der Waals surface area contributed by atoms with E-state index in [1.54, 1.807) is 12.1 Å². The van der Waals surface area contributed by atoms with E-state index >= 15 is 0 Å². The number of piperidine rings is 1. The van der Waals surface area contributed by atoms with Gasteiger partial charge in [0.15, 0.2) is 5.11 Å². The quantitative estimate of drug-likeness (QED) is 0.598. The van der Waals surface area contributed by atoms with Crippen molar-refractivity contribution in [1.82, 2.24) is 14.7 Å². The second-order valence-electron chi connectivity index (χ2n) is 7.78. The molecule has 2 aliphatic rings. The first-order chi connectivity index (χ1) is 13.6. The number of carbonyl (C=O) groups excluding carboxylic acids is 1. The van der Waals surface area contributed by atoms with Gasteiger partial charge in [-0.1, -0.05) is 0 Å². The third kappa shape index (κ3) is 5.65. The summed E-state index contributed by atoms with van der Waals surface area (Å²) in [4.78, 5) is 18.9. The van der Waals surface area contributed by atoms with Crippen LogP contribution in [0.15, 0.2) is 24.3 Å². The molecule has 1 N–H and O–H groups in total. The van der Waals surface area contributed by atoms with Crippen LogP contribution in [-0.4, -0.2) is 85.2 Å². The van der Waals surface area contributed by atoms with Gasteiger partial charge in [0.2, 0.25) is 0 Å². The highest BCUT2D eigenvalue weighted by Gasteiger charge is 2.25. The number of nitrogens with zero attached hydrogens (tertiary/aromatic N) is 3. The number of nitrogens with one attached hydrogen (secondary N) is 1. The maximum Gasteiger partial charge on any atom is 0.337 e. The van der Waals surface area contributed by atoms with E-state index in [-0.39, 0.29) is 5.97 Å². The molecule has 0 unspecified atom stereocenters. The van der Waals surface area contributed by atoms with Crippen LogP contribution in [0.1, 0.15) is 36.0 Å². The Morgan fingerprint density at radius 2 is 1.86 bits per heavy atom. The average molecular weight is 405 g/mol. The lowest BCUT2D eigenvalue weighted by Gasteiger charge is -2.39. The second-order valence-corrected chi connectivity index (χ2v) is 8.16. The molecule has 0 aliphatic carbocycles. The van der Waals surface area contributed by atoms with Crippen LogP contribution in [0.25, 0.3) is 0 Å². The van der Waals surface area contributed by atoms with Crippen LogP contribution >= 0.6 is 12.2 Å². The number of benzene rings is 1. The van der Waals surface area contributed by atoms with Crippen molar-refractivity contribution in [2.45, 2.75) is 31.7 Å². The minimum absolute atomic E-state index is 0.325. The highest BCUT2D eigenvalue weighted by Crippen LogP contribution is 2.22. The molecule has 0 radical (unpaired) electrons. The number of rotatable bonds is 5. The van der Waals surface area contributed by atoms with Gasteiger partial charge in [0.1, 0.15) is 0 Å². The first kappa shape index (κ1) is 21.0. The first-order valence-corrected chi connectivity index (χ1v) is 10.6. The highest BCUT2D eigenvalue weighted by molar-refractivity contribution is 7.80. The van der Waals surface area contributed by atoms with Crippen LogP contribution in [0.5, 0.6) is 0 Å². The van der Waals surface area contributed by atoms with Crippen molar-refractivity contribution in [3.05, 3.63) is 29.8 Å². The monoisotopic (exact) mass is 404 g/mol. The fourth-order valence-electron chi connectivity index (χ4n) is 3.97. The molecule has 0 aromatic heterocycles. The van der Waals surface area contributed by atoms with Gasteiger partial charge in [-0.3, -0.25) is 0 Å². The number of hydrogen-bond donors (Lipinski definition) is 1. The Hall–Kier alpha value is -1.70. The molecule has 0 bridgehead atoms. The summed E-state index contributed by atoms with van der Waals surface area (Å²) in [5.74, 6) is -0.325. The van der Waals surface area contributed by atoms with Crippen molar-refractivity contribution in [1.29, 1.82) is 0 Å². The van der Waals surface area contributed by atoms with Crippen molar-refractivity contribution >= 4 is 29.0 Å². The molecule has 154 valence electrons. The van der Waals surface area contributed by atoms with Gasteiger partial charge < -0.3 is 24.8 Å². The predicted octanol–water partition coefficient (Wildman–Crippen LogP) is 2.66. The maximum atomic E-state index is 11.6. The van der Waals surface area contributed by atoms with Crippen molar-refractivity contribution in [3.8, 4) is 0 Å². The number of likely N-dealkylation sites (tertiary alicyclic amines) is 1. The van der Waals surface area contributed by atoms with E-state index in [1.165, 1.54) is 39.5 Å². The molecule has 28 heavy (non-hydrogen) atoms. The van der Waals surface area contributed by atoms with E-state index in [9.17, 15) is 4.79 Å². The fraction of sp³-hybridized carbons (Fsp3) is 0.619. The zero-order chi connectivity index (χ0) is 19.9. The van der Waals surface area contributed by atoms with E-state index in [0.717, 1.165) is 43.4 Å². The molecule has 3 rings (SSSR count). The number of piperazine rings is 1. The average Bonchev–Trinajstić information content (AvgIpc) is 2.73. The molecule has 0 spiro atoms. The summed E-state index contributed by atoms with van der Waals surface area (Å²) in [5, 5.41) is 4.14. The zero-order valence-corrected chi connectivity index (χ0v) is 17.8. The number of ether oxygens (including phenoxy) is 1. The number of anilines is 1. The van der Waals surface area contributed by atoms with E-state index in [0.29, 0.717) is 11.6 Å². The van der Waals surface area contributed by atoms with Crippen molar-refractivity contribution in [2.75, 3.05) is 58.7 Å². The van der Waals surface area contributed by atoms with Crippen LogP contribution in [0.3, 0.4) is 0 Å². The second kappa shape index (κ2) is 10.2. The minimum atomic E-state index is -0.325. The standard InChI is InChI=1S/C21H32N4O2S/c1-23-13-15-24(16-14-23)12-10-19-5-3-4-11-25(19)21(28)22-18-8-6-17(7-9-18)20(26)27-2/h6-9,19H,3-5,10-16H2,1-2H3,(H,22,28)/t19-/m0/s1. The topological polar surface area (TPSA) is 48.1 Å². The van der Waals surface area contributed by atoms with Gasteiger partial charge in [-0.25, -0.2) is 4.79 Å². The number of esters is 1. The van der Waals surface area contributed by atoms with Crippen LogP contribution in [0.2, 0.25) is 0 Å². The molecule has 2 saturated heterocycles. The number of hydrogen-bond acceptors (Lipinski definition) is 5. The summed E-state index contributed by atoms with van der Waals surface area (Å²) in [7, 11) is 3.59.